The molecule has 0 unspecified atom stereocenters. The van der Waals surface area contributed by atoms with E-state index in [2.05, 4.69) is 30.6 Å². The van der Waals surface area contributed by atoms with Crippen LogP contribution in [-0.2, 0) is 0 Å². The van der Waals surface area contributed by atoms with Crippen molar-refractivity contribution in [1.29, 1.82) is 0 Å². The van der Waals surface area contributed by atoms with Gasteiger partial charge in [0, 0.05) is 28.8 Å². The molecule has 0 spiro atoms. The quantitative estimate of drug-likeness (QED) is 0.712. The third kappa shape index (κ3) is 5.15. The second-order valence-corrected chi connectivity index (χ2v) is 7.37. The van der Waals surface area contributed by atoms with Gasteiger partial charge < -0.3 is 10.2 Å². The predicted molar refractivity (Wildman–Crippen MR) is 91.2 cm³/mol. The lowest BCUT2D eigenvalue weighted by Gasteiger charge is -2.17. The second kappa shape index (κ2) is 9.95. The summed E-state index contributed by atoms with van der Waals surface area (Å²) in [6.07, 6.45) is 0. The van der Waals surface area contributed by atoms with Crippen molar-refractivity contribution in [2.75, 3.05) is 24.7 Å². The first-order chi connectivity index (χ1) is 9.02. The van der Waals surface area contributed by atoms with Gasteiger partial charge in [0.1, 0.15) is 0 Å². The second-order valence-electron chi connectivity index (χ2n) is 4.64. The molecule has 1 aromatic heterocycles. The number of aromatic nitrogens is 2. The van der Waals surface area contributed by atoms with Gasteiger partial charge >= 0.3 is 0 Å². The number of rotatable bonds is 8. The molecule has 0 atom stereocenters. The topological polar surface area (TPSA) is 58.3 Å². The molecule has 1 rings (SSSR count). The summed E-state index contributed by atoms with van der Waals surface area (Å²) in [6.45, 7) is 8.74. The molecule has 20 heavy (non-hydrogen) atoms. The van der Waals surface area contributed by atoms with Crippen molar-refractivity contribution < 1.29 is 10.2 Å². The van der Waals surface area contributed by atoms with Crippen LogP contribution in [0.1, 0.15) is 41.4 Å². The Labute approximate surface area is 136 Å². The van der Waals surface area contributed by atoms with Crippen LogP contribution < -0.4 is 0 Å². The van der Waals surface area contributed by atoms with Crippen LogP contribution in [-0.4, -0.2) is 44.7 Å². The maximum Gasteiger partial charge on any atom is 0.0788 e. The number of thioether (sulfide) groups is 2. The first-order valence-corrected chi connectivity index (χ1v) is 8.63. The first kappa shape index (κ1) is 20.1. The van der Waals surface area contributed by atoms with E-state index in [9.17, 15) is 0 Å². The summed E-state index contributed by atoms with van der Waals surface area (Å²) in [5.74, 6) is 1.41. The first-order valence-electron chi connectivity index (χ1n) is 6.53. The molecule has 4 nitrogen and oxygen atoms in total. The zero-order valence-electron chi connectivity index (χ0n) is 12.5. The molecule has 0 amide bonds. The third-order valence-corrected chi connectivity index (χ3v) is 5.56. The number of aliphatic hydroxyl groups is 2. The van der Waals surface area contributed by atoms with Gasteiger partial charge in [-0.15, -0.1) is 35.9 Å². The van der Waals surface area contributed by atoms with Crippen molar-refractivity contribution in [3.63, 3.8) is 0 Å². The largest absolute Gasteiger partial charge is 0.396 e. The average Bonchev–Trinajstić information content (AvgIpc) is 2.66. The molecule has 0 fully saturated rings. The molecular weight excluding hydrogens is 316 g/mol. The van der Waals surface area contributed by atoms with E-state index in [1.54, 1.807) is 23.5 Å². The molecule has 118 valence electrons. The monoisotopic (exact) mass is 340 g/mol. The fraction of sp³-hybridized carbons (Fsp3) is 0.769. The van der Waals surface area contributed by atoms with Crippen molar-refractivity contribution in [3.8, 4) is 0 Å². The van der Waals surface area contributed by atoms with Gasteiger partial charge in [-0.3, -0.25) is 4.68 Å². The van der Waals surface area contributed by atoms with E-state index in [4.69, 9.17) is 10.2 Å². The molecule has 1 heterocycles. The SMILES string of the molecule is Cc1nn(C(C)C)c(C)c1C(SCCO)SCCO.Cl. The highest BCUT2D eigenvalue weighted by molar-refractivity contribution is 8.16. The van der Waals surface area contributed by atoms with Crippen LogP contribution in [0, 0.1) is 13.8 Å². The van der Waals surface area contributed by atoms with Crippen LogP contribution >= 0.6 is 35.9 Å². The van der Waals surface area contributed by atoms with Crippen LogP contribution in [0.3, 0.4) is 0 Å². The van der Waals surface area contributed by atoms with Crippen molar-refractivity contribution in [2.24, 2.45) is 0 Å². The Kier molecular flexibility index (Phi) is 10.0. The summed E-state index contributed by atoms with van der Waals surface area (Å²) in [4.78, 5) is 0. The lowest BCUT2D eigenvalue weighted by atomic mass is 10.2. The summed E-state index contributed by atoms with van der Waals surface area (Å²) < 4.78 is 2.28. The molecule has 0 saturated heterocycles. The molecule has 0 aliphatic heterocycles. The zero-order chi connectivity index (χ0) is 14.4. The van der Waals surface area contributed by atoms with E-state index in [0.29, 0.717) is 17.5 Å². The van der Waals surface area contributed by atoms with E-state index in [1.807, 2.05) is 6.92 Å². The number of hydrogen-bond acceptors (Lipinski definition) is 5. The lowest BCUT2D eigenvalue weighted by molar-refractivity contribution is 0.322. The average molecular weight is 341 g/mol. The minimum atomic E-state index is 0. The molecule has 0 radical (unpaired) electrons. The van der Waals surface area contributed by atoms with Crippen LogP contribution in [0.15, 0.2) is 0 Å². The summed E-state index contributed by atoms with van der Waals surface area (Å²) in [6, 6.07) is 0.346. The standard InChI is InChI=1S/C13H24N2O2S2.ClH/c1-9(2)15-11(4)12(10(3)14-15)13(18-7-5-16)19-8-6-17;/h9,13,16-17H,5-8H2,1-4H3;1H. The Morgan fingerprint density at radius 2 is 1.60 bits per heavy atom. The summed E-state index contributed by atoms with van der Waals surface area (Å²) >= 11 is 3.43. The lowest BCUT2D eigenvalue weighted by Crippen LogP contribution is -2.06. The zero-order valence-corrected chi connectivity index (χ0v) is 14.9. The van der Waals surface area contributed by atoms with E-state index >= 15 is 0 Å². The Bertz CT molecular complexity index is 392. The van der Waals surface area contributed by atoms with Crippen molar-refractivity contribution in [1.82, 2.24) is 9.78 Å². The molecule has 0 aliphatic rings. The number of aliphatic hydroxyl groups excluding tert-OH is 2. The van der Waals surface area contributed by atoms with Gasteiger partial charge in [-0.25, -0.2) is 0 Å². The van der Waals surface area contributed by atoms with E-state index in [0.717, 1.165) is 5.69 Å². The van der Waals surface area contributed by atoms with Gasteiger partial charge in [0.2, 0.25) is 0 Å². The van der Waals surface area contributed by atoms with Crippen LogP contribution in [0.2, 0.25) is 0 Å². The molecule has 2 N–H and O–H groups in total. The molecule has 7 heteroatoms. The van der Waals surface area contributed by atoms with Crippen LogP contribution in [0.25, 0.3) is 0 Å². The highest BCUT2D eigenvalue weighted by atomic mass is 35.5. The molecule has 0 bridgehead atoms. The molecule has 1 aromatic rings. The van der Waals surface area contributed by atoms with E-state index in [-0.39, 0.29) is 30.2 Å². The molecule has 0 saturated carbocycles. The van der Waals surface area contributed by atoms with Crippen molar-refractivity contribution in [2.45, 2.75) is 38.3 Å². The van der Waals surface area contributed by atoms with Gasteiger partial charge in [0.15, 0.2) is 0 Å². The number of hydrogen-bond donors (Lipinski definition) is 2. The van der Waals surface area contributed by atoms with Gasteiger partial charge in [0.05, 0.1) is 23.5 Å². The minimum Gasteiger partial charge on any atom is -0.396 e. The van der Waals surface area contributed by atoms with Gasteiger partial charge in [-0.05, 0) is 27.7 Å². The van der Waals surface area contributed by atoms with Crippen molar-refractivity contribution >= 4 is 35.9 Å². The van der Waals surface area contributed by atoms with Crippen LogP contribution in [0.4, 0.5) is 0 Å². The normalized spacial score (nSPS) is 11.2. The number of aryl methyl sites for hydroxylation is 1. The summed E-state index contributed by atoms with van der Waals surface area (Å²) in [5, 5.41) is 22.7. The van der Waals surface area contributed by atoms with Gasteiger partial charge in [0.25, 0.3) is 0 Å². The third-order valence-electron chi connectivity index (χ3n) is 2.83. The highest BCUT2D eigenvalue weighted by Gasteiger charge is 2.22. The number of nitrogens with zero attached hydrogens (tertiary/aromatic N) is 2. The summed E-state index contributed by atoms with van der Waals surface area (Å²) in [5.41, 5.74) is 3.48. The van der Waals surface area contributed by atoms with Gasteiger partial charge in [-0.1, -0.05) is 0 Å². The fourth-order valence-corrected chi connectivity index (χ4v) is 4.67. The maximum absolute atomic E-state index is 9.02. The fourth-order valence-electron chi connectivity index (χ4n) is 2.05. The van der Waals surface area contributed by atoms with Crippen LogP contribution in [0.5, 0.6) is 0 Å². The van der Waals surface area contributed by atoms with Crippen molar-refractivity contribution in [3.05, 3.63) is 17.0 Å². The number of halogens is 1. The maximum atomic E-state index is 9.02. The Morgan fingerprint density at radius 3 is 1.95 bits per heavy atom. The Morgan fingerprint density at radius 1 is 1.10 bits per heavy atom. The minimum absolute atomic E-state index is 0. The smallest absolute Gasteiger partial charge is 0.0788 e. The highest BCUT2D eigenvalue weighted by Crippen LogP contribution is 2.42. The predicted octanol–water partition coefficient (Wildman–Crippen LogP) is 2.95. The van der Waals surface area contributed by atoms with E-state index < -0.39 is 0 Å². The van der Waals surface area contributed by atoms with Gasteiger partial charge in [-0.2, -0.15) is 5.10 Å². The molecule has 0 aliphatic carbocycles. The Hall–Kier alpha value is 0.120. The summed E-state index contributed by atoms with van der Waals surface area (Å²) in [7, 11) is 0. The molecule has 0 aromatic carbocycles. The van der Waals surface area contributed by atoms with E-state index in [1.165, 1.54) is 11.3 Å². The Balaban J connectivity index is 0.00000361. The molecular formula is C13H25ClN2O2S2.